The third kappa shape index (κ3) is 3.33. The molecule has 3 rings (SSSR count). The molecule has 1 saturated heterocycles. The lowest BCUT2D eigenvalue weighted by Crippen LogP contribution is -2.48. The van der Waals surface area contributed by atoms with Crippen molar-refractivity contribution >= 4 is 38.8 Å². The van der Waals surface area contributed by atoms with Crippen molar-refractivity contribution < 1.29 is 8.42 Å². The van der Waals surface area contributed by atoms with E-state index in [2.05, 4.69) is 4.98 Å². The zero-order valence-electron chi connectivity index (χ0n) is 12.0. The summed E-state index contributed by atoms with van der Waals surface area (Å²) in [6.45, 7) is 1.88. The van der Waals surface area contributed by atoms with Gasteiger partial charge in [0.15, 0.2) is 0 Å². The Morgan fingerprint density at radius 1 is 1.17 bits per heavy atom. The molecule has 1 fully saturated rings. The summed E-state index contributed by atoms with van der Waals surface area (Å²) in [5.74, 6) is 0.750. The van der Waals surface area contributed by atoms with Crippen LogP contribution in [-0.2, 0) is 10.0 Å². The van der Waals surface area contributed by atoms with Gasteiger partial charge in [-0.1, -0.05) is 11.6 Å². The highest BCUT2D eigenvalue weighted by Gasteiger charge is 2.30. The number of aromatic nitrogens is 1. The van der Waals surface area contributed by atoms with Gasteiger partial charge in [0.25, 0.3) is 10.0 Å². The molecule has 1 aliphatic rings. The van der Waals surface area contributed by atoms with E-state index in [0.29, 0.717) is 36.1 Å². The Morgan fingerprint density at radius 3 is 2.43 bits per heavy atom. The number of nitrogens with zero attached hydrogens (tertiary/aromatic N) is 4. The standard InChI is InChI=1S/C14H13ClN4O2S2/c15-12-2-4-14(22-12)23(20,21)19-7-5-18(6-8-19)13-3-1-11(9-16)10-17-13/h1-4,10H,5-8H2. The number of piperazine rings is 1. The van der Waals surface area contributed by atoms with Gasteiger partial charge in [-0.05, 0) is 24.3 Å². The lowest BCUT2D eigenvalue weighted by molar-refractivity contribution is 0.385. The first-order valence-corrected chi connectivity index (χ1v) is 9.51. The predicted octanol–water partition coefficient (Wildman–Crippen LogP) is 2.18. The van der Waals surface area contributed by atoms with Crippen molar-refractivity contribution in [3.63, 3.8) is 0 Å². The number of sulfonamides is 1. The fraction of sp³-hybridized carbons (Fsp3) is 0.286. The second-order valence-electron chi connectivity index (χ2n) is 4.97. The molecule has 6 nitrogen and oxygen atoms in total. The number of rotatable bonds is 3. The molecule has 2 aromatic rings. The van der Waals surface area contributed by atoms with E-state index in [9.17, 15) is 8.42 Å². The molecule has 0 aromatic carbocycles. The molecule has 23 heavy (non-hydrogen) atoms. The molecule has 0 spiro atoms. The third-order valence-electron chi connectivity index (χ3n) is 3.58. The SMILES string of the molecule is N#Cc1ccc(N2CCN(S(=O)(=O)c3ccc(Cl)s3)CC2)nc1. The molecule has 0 atom stereocenters. The monoisotopic (exact) mass is 368 g/mol. The lowest BCUT2D eigenvalue weighted by atomic mass is 10.3. The van der Waals surface area contributed by atoms with E-state index in [1.54, 1.807) is 18.2 Å². The van der Waals surface area contributed by atoms with Gasteiger partial charge in [0, 0.05) is 32.4 Å². The zero-order valence-corrected chi connectivity index (χ0v) is 14.4. The van der Waals surface area contributed by atoms with Crippen LogP contribution in [0.1, 0.15) is 5.56 Å². The van der Waals surface area contributed by atoms with Crippen molar-refractivity contribution in [1.82, 2.24) is 9.29 Å². The first-order valence-electron chi connectivity index (χ1n) is 6.87. The summed E-state index contributed by atoms with van der Waals surface area (Å²) < 4.78 is 27.3. The summed E-state index contributed by atoms with van der Waals surface area (Å²) in [5.41, 5.74) is 0.504. The van der Waals surface area contributed by atoms with Crippen LogP contribution in [0.2, 0.25) is 4.34 Å². The summed E-state index contributed by atoms with van der Waals surface area (Å²) in [4.78, 5) is 6.25. The van der Waals surface area contributed by atoms with Crippen LogP contribution < -0.4 is 4.90 Å². The highest BCUT2D eigenvalue weighted by Crippen LogP contribution is 2.29. The van der Waals surface area contributed by atoms with Crippen LogP contribution in [0, 0.1) is 11.3 Å². The minimum absolute atomic E-state index is 0.271. The van der Waals surface area contributed by atoms with Gasteiger partial charge in [0.05, 0.1) is 9.90 Å². The molecule has 2 aromatic heterocycles. The van der Waals surface area contributed by atoms with E-state index in [0.717, 1.165) is 17.2 Å². The van der Waals surface area contributed by atoms with Crippen LogP contribution in [0.25, 0.3) is 0 Å². The maximum atomic E-state index is 12.5. The van der Waals surface area contributed by atoms with E-state index in [-0.39, 0.29) is 4.21 Å². The van der Waals surface area contributed by atoms with Crippen molar-refractivity contribution in [2.24, 2.45) is 0 Å². The van der Waals surface area contributed by atoms with E-state index >= 15 is 0 Å². The van der Waals surface area contributed by atoms with E-state index in [1.165, 1.54) is 16.6 Å². The fourth-order valence-electron chi connectivity index (χ4n) is 2.36. The Bertz CT molecular complexity index is 834. The van der Waals surface area contributed by atoms with Gasteiger partial charge < -0.3 is 4.90 Å². The average Bonchev–Trinajstić information content (AvgIpc) is 3.02. The van der Waals surface area contributed by atoms with Crippen LogP contribution >= 0.6 is 22.9 Å². The number of halogens is 1. The molecular formula is C14H13ClN4O2S2. The van der Waals surface area contributed by atoms with Crippen LogP contribution in [0.5, 0.6) is 0 Å². The quantitative estimate of drug-likeness (QED) is 0.829. The topological polar surface area (TPSA) is 77.3 Å². The summed E-state index contributed by atoms with van der Waals surface area (Å²) in [6.07, 6.45) is 1.52. The van der Waals surface area contributed by atoms with Crippen LogP contribution in [0.4, 0.5) is 5.82 Å². The number of nitriles is 1. The number of anilines is 1. The lowest BCUT2D eigenvalue weighted by Gasteiger charge is -2.34. The predicted molar refractivity (Wildman–Crippen MR) is 89.3 cm³/mol. The van der Waals surface area contributed by atoms with Gasteiger partial charge in [-0.25, -0.2) is 13.4 Å². The van der Waals surface area contributed by atoms with Gasteiger partial charge in [0.2, 0.25) is 0 Å². The maximum Gasteiger partial charge on any atom is 0.252 e. The molecule has 0 unspecified atom stereocenters. The van der Waals surface area contributed by atoms with Gasteiger partial charge in [-0.15, -0.1) is 11.3 Å². The average molecular weight is 369 g/mol. The summed E-state index contributed by atoms with van der Waals surface area (Å²) in [7, 11) is -3.48. The van der Waals surface area contributed by atoms with Gasteiger partial charge in [-0.2, -0.15) is 9.57 Å². The van der Waals surface area contributed by atoms with Crippen LogP contribution in [-0.4, -0.2) is 43.9 Å². The Hall–Kier alpha value is -1.66. The molecule has 0 saturated carbocycles. The van der Waals surface area contributed by atoms with Crippen molar-refractivity contribution in [1.29, 1.82) is 5.26 Å². The fourth-order valence-corrected chi connectivity index (χ4v) is 5.42. The van der Waals surface area contributed by atoms with Gasteiger partial charge >= 0.3 is 0 Å². The Balaban J connectivity index is 1.69. The molecule has 9 heteroatoms. The number of hydrogen-bond acceptors (Lipinski definition) is 6. The molecule has 0 aliphatic carbocycles. The molecule has 0 bridgehead atoms. The largest absolute Gasteiger partial charge is 0.354 e. The molecule has 120 valence electrons. The Kier molecular flexibility index (Phi) is 4.55. The van der Waals surface area contributed by atoms with E-state index in [4.69, 9.17) is 16.9 Å². The molecule has 0 amide bonds. The minimum Gasteiger partial charge on any atom is -0.354 e. The smallest absolute Gasteiger partial charge is 0.252 e. The molecular weight excluding hydrogens is 356 g/mol. The molecule has 1 aliphatic heterocycles. The third-order valence-corrected chi connectivity index (χ3v) is 7.18. The normalized spacial score (nSPS) is 16.3. The summed E-state index contributed by atoms with van der Waals surface area (Å²) in [5, 5.41) is 8.79. The molecule has 0 radical (unpaired) electrons. The zero-order chi connectivity index (χ0) is 16.4. The number of thiophene rings is 1. The number of pyridine rings is 1. The second kappa shape index (κ2) is 6.45. The van der Waals surface area contributed by atoms with Crippen molar-refractivity contribution in [3.8, 4) is 6.07 Å². The van der Waals surface area contributed by atoms with Crippen molar-refractivity contribution in [3.05, 3.63) is 40.4 Å². The second-order valence-corrected chi connectivity index (χ2v) is 8.85. The summed E-state index contributed by atoms with van der Waals surface area (Å²) >= 11 is 6.90. The highest BCUT2D eigenvalue weighted by molar-refractivity contribution is 7.91. The van der Waals surface area contributed by atoms with Gasteiger partial charge in [0.1, 0.15) is 16.1 Å². The summed E-state index contributed by atoms with van der Waals surface area (Å²) in [6, 6.07) is 8.64. The Morgan fingerprint density at radius 2 is 1.91 bits per heavy atom. The minimum atomic E-state index is -3.48. The van der Waals surface area contributed by atoms with Gasteiger partial charge in [-0.3, -0.25) is 0 Å². The van der Waals surface area contributed by atoms with Crippen molar-refractivity contribution in [2.75, 3.05) is 31.1 Å². The first-order chi connectivity index (χ1) is 11.0. The van der Waals surface area contributed by atoms with Crippen LogP contribution in [0.15, 0.2) is 34.7 Å². The molecule has 0 N–H and O–H groups in total. The number of hydrogen-bond donors (Lipinski definition) is 0. The van der Waals surface area contributed by atoms with Crippen LogP contribution in [0.3, 0.4) is 0 Å². The Labute approximate surface area is 143 Å². The van der Waals surface area contributed by atoms with E-state index < -0.39 is 10.0 Å². The van der Waals surface area contributed by atoms with E-state index in [1.807, 2.05) is 11.0 Å². The maximum absolute atomic E-state index is 12.5. The van der Waals surface area contributed by atoms with Crippen molar-refractivity contribution in [2.45, 2.75) is 4.21 Å². The first kappa shape index (κ1) is 16.2. The highest BCUT2D eigenvalue weighted by atomic mass is 35.5. The molecule has 3 heterocycles.